The molecule has 1 fully saturated rings. The Morgan fingerprint density at radius 2 is 1.85 bits per heavy atom. The number of carbonyl (C=O) groups is 2. The number of esters is 2. The third-order valence-corrected chi connectivity index (χ3v) is 8.02. The van der Waals surface area contributed by atoms with Crippen molar-refractivity contribution in [2.24, 2.45) is 11.8 Å². The first-order chi connectivity index (χ1) is 15.5. The molecule has 1 aromatic heterocycles. The van der Waals surface area contributed by atoms with E-state index >= 15 is 0 Å². The van der Waals surface area contributed by atoms with Gasteiger partial charge in [0.2, 0.25) is 0 Å². The fraction of sp³-hybridized carbons (Fsp3) is 0.520. The van der Waals surface area contributed by atoms with Gasteiger partial charge in [0, 0.05) is 5.56 Å². The van der Waals surface area contributed by atoms with Gasteiger partial charge in [-0.15, -0.1) is 0 Å². The second-order valence-electron chi connectivity index (χ2n) is 9.82. The van der Waals surface area contributed by atoms with Crippen LogP contribution in [0.25, 0.3) is 0 Å². The highest BCUT2D eigenvalue weighted by atomic mass is 28.3. The Morgan fingerprint density at radius 1 is 1.18 bits per heavy atom. The predicted octanol–water partition coefficient (Wildman–Crippen LogP) is 2.75. The summed E-state index contributed by atoms with van der Waals surface area (Å²) in [5, 5.41) is 24.1. The summed E-state index contributed by atoms with van der Waals surface area (Å²) in [5.74, 6) is -2.51. The zero-order valence-corrected chi connectivity index (χ0v) is 20.9. The molecule has 2 N–H and O–H groups in total. The number of furan rings is 1. The van der Waals surface area contributed by atoms with Gasteiger partial charge in [0.05, 0.1) is 30.6 Å². The van der Waals surface area contributed by atoms with Gasteiger partial charge in [0.1, 0.15) is 25.9 Å². The highest BCUT2D eigenvalue weighted by Crippen LogP contribution is 2.46. The van der Waals surface area contributed by atoms with Crippen LogP contribution < -0.4 is 5.38 Å². The zero-order chi connectivity index (χ0) is 24.4. The van der Waals surface area contributed by atoms with Crippen molar-refractivity contribution in [1.82, 2.24) is 0 Å². The van der Waals surface area contributed by atoms with Gasteiger partial charge >= 0.3 is 11.9 Å². The first-order valence-corrected chi connectivity index (χ1v) is 14.9. The van der Waals surface area contributed by atoms with Crippen LogP contribution in [-0.4, -0.2) is 49.0 Å². The second kappa shape index (κ2) is 9.83. The molecule has 180 valence electrons. The van der Waals surface area contributed by atoms with Crippen LogP contribution in [0.3, 0.4) is 0 Å². The maximum Gasteiger partial charge on any atom is 0.312 e. The molecule has 0 spiro atoms. The summed E-state index contributed by atoms with van der Waals surface area (Å²) in [6.07, 6.45) is -0.845. The lowest BCUT2D eigenvalue weighted by molar-refractivity contribution is -0.221. The molecule has 0 aliphatic heterocycles. The SMILES string of the molecule is CCOC(=O)[C@@H]1C[C@H](C)[C@@H](OC(=O)Cc2ccccc2)[C@@H](O)[C@@]1(O)c1ccoc1[Si](C)(C)C. The smallest absolute Gasteiger partial charge is 0.312 e. The molecule has 7 nitrogen and oxygen atoms in total. The molecule has 1 aliphatic carbocycles. The van der Waals surface area contributed by atoms with E-state index in [1.807, 2.05) is 50.0 Å². The van der Waals surface area contributed by atoms with Crippen LogP contribution in [0.4, 0.5) is 0 Å². The molecule has 0 bridgehead atoms. The minimum Gasteiger partial charge on any atom is -0.474 e. The fourth-order valence-electron chi connectivity index (χ4n) is 4.66. The first kappa shape index (κ1) is 25.2. The number of rotatable bonds is 7. The lowest BCUT2D eigenvalue weighted by Crippen LogP contribution is -2.63. The lowest BCUT2D eigenvalue weighted by atomic mass is 9.65. The molecule has 0 radical (unpaired) electrons. The summed E-state index contributed by atoms with van der Waals surface area (Å²) in [5.41, 5.74) is -0.863. The van der Waals surface area contributed by atoms with Crippen molar-refractivity contribution >= 4 is 25.4 Å². The summed E-state index contributed by atoms with van der Waals surface area (Å²) in [6, 6.07) is 10.8. The molecule has 1 aliphatic rings. The Morgan fingerprint density at radius 3 is 2.45 bits per heavy atom. The molecule has 8 heteroatoms. The molecular formula is C25H34O7Si. The molecular weight excluding hydrogens is 440 g/mol. The van der Waals surface area contributed by atoms with Crippen LogP contribution in [0.15, 0.2) is 47.1 Å². The first-order valence-electron chi connectivity index (χ1n) is 11.4. The Kier molecular flexibility index (Phi) is 7.51. The largest absolute Gasteiger partial charge is 0.474 e. The van der Waals surface area contributed by atoms with Crippen molar-refractivity contribution in [2.45, 2.75) is 64.1 Å². The predicted molar refractivity (Wildman–Crippen MR) is 126 cm³/mol. The number of hydrogen-bond donors (Lipinski definition) is 2. The van der Waals surface area contributed by atoms with Crippen LogP contribution >= 0.6 is 0 Å². The molecule has 1 saturated carbocycles. The molecule has 0 unspecified atom stereocenters. The van der Waals surface area contributed by atoms with E-state index in [4.69, 9.17) is 13.9 Å². The minimum absolute atomic E-state index is 0.0440. The Balaban J connectivity index is 1.97. The zero-order valence-electron chi connectivity index (χ0n) is 19.9. The molecule has 0 saturated heterocycles. The van der Waals surface area contributed by atoms with E-state index < -0.39 is 43.7 Å². The quantitative estimate of drug-likeness (QED) is 0.469. The van der Waals surface area contributed by atoms with Crippen LogP contribution in [0, 0.1) is 11.8 Å². The topological polar surface area (TPSA) is 106 Å². The molecule has 1 heterocycles. The molecule has 2 aromatic rings. The van der Waals surface area contributed by atoms with E-state index in [0.717, 1.165) is 5.56 Å². The van der Waals surface area contributed by atoms with E-state index in [1.54, 1.807) is 19.9 Å². The summed E-state index contributed by atoms with van der Waals surface area (Å²) in [4.78, 5) is 25.6. The van der Waals surface area contributed by atoms with Gasteiger partial charge in [-0.25, -0.2) is 0 Å². The highest BCUT2D eigenvalue weighted by Gasteiger charge is 2.60. The van der Waals surface area contributed by atoms with Gasteiger partial charge in [-0.2, -0.15) is 0 Å². The van der Waals surface area contributed by atoms with Crippen LogP contribution in [0.2, 0.25) is 19.6 Å². The van der Waals surface area contributed by atoms with Crippen molar-refractivity contribution in [3.8, 4) is 0 Å². The van der Waals surface area contributed by atoms with Crippen molar-refractivity contribution in [2.75, 3.05) is 6.61 Å². The molecule has 1 aromatic carbocycles. The van der Waals surface area contributed by atoms with Gasteiger partial charge in [0.25, 0.3) is 0 Å². The van der Waals surface area contributed by atoms with Gasteiger partial charge in [0.15, 0.2) is 0 Å². The number of carbonyl (C=O) groups excluding carboxylic acids is 2. The summed E-state index contributed by atoms with van der Waals surface area (Å²) in [6.45, 7) is 9.79. The minimum atomic E-state index is -2.09. The molecule has 0 amide bonds. The number of aliphatic hydroxyl groups is 2. The monoisotopic (exact) mass is 474 g/mol. The average molecular weight is 475 g/mol. The third kappa shape index (κ3) is 5.07. The van der Waals surface area contributed by atoms with E-state index in [0.29, 0.717) is 10.9 Å². The Bertz CT molecular complexity index is 965. The fourth-order valence-corrected chi connectivity index (χ4v) is 6.17. The number of benzene rings is 1. The molecule has 5 atom stereocenters. The van der Waals surface area contributed by atoms with E-state index in [9.17, 15) is 19.8 Å². The van der Waals surface area contributed by atoms with E-state index in [2.05, 4.69) is 0 Å². The van der Waals surface area contributed by atoms with Gasteiger partial charge in [-0.3, -0.25) is 9.59 Å². The maximum atomic E-state index is 12.9. The number of aliphatic hydroxyl groups excluding tert-OH is 1. The Labute approximate surface area is 195 Å². The van der Waals surface area contributed by atoms with E-state index in [1.165, 1.54) is 6.26 Å². The second-order valence-corrected chi connectivity index (χ2v) is 14.8. The molecule has 33 heavy (non-hydrogen) atoms. The summed E-state index contributed by atoms with van der Waals surface area (Å²) >= 11 is 0. The van der Waals surface area contributed by atoms with Crippen molar-refractivity contribution in [3.05, 3.63) is 53.8 Å². The van der Waals surface area contributed by atoms with Crippen LogP contribution in [-0.2, 0) is 31.1 Å². The normalized spacial score (nSPS) is 27.7. The third-order valence-electron chi connectivity index (χ3n) is 6.27. The Hall–Kier alpha value is -2.42. The standard InChI is InChI=1S/C25H34O7Si/c1-6-30-23(28)19-14-16(2)21(32-20(26)15-17-10-8-7-9-11-17)22(27)25(19,29)18-12-13-31-24(18)33(3,4)5/h7-13,16,19,21-22,27,29H,6,14-15H2,1-5H3/t16-,19-,21+,22+,25+/m0/s1. The highest BCUT2D eigenvalue weighted by molar-refractivity contribution is 6.88. The summed E-state index contributed by atoms with van der Waals surface area (Å²) < 4.78 is 16.7. The van der Waals surface area contributed by atoms with Gasteiger partial charge in [-0.1, -0.05) is 56.9 Å². The number of hydrogen-bond acceptors (Lipinski definition) is 7. The van der Waals surface area contributed by atoms with Crippen molar-refractivity contribution in [3.63, 3.8) is 0 Å². The van der Waals surface area contributed by atoms with Gasteiger partial charge in [-0.05, 0) is 30.9 Å². The number of ether oxygens (including phenoxy) is 2. The van der Waals surface area contributed by atoms with Crippen LogP contribution in [0.5, 0.6) is 0 Å². The van der Waals surface area contributed by atoms with E-state index in [-0.39, 0.29) is 25.4 Å². The van der Waals surface area contributed by atoms with Crippen molar-refractivity contribution in [1.29, 1.82) is 0 Å². The van der Waals surface area contributed by atoms with Crippen molar-refractivity contribution < 1.29 is 33.7 Å². The molecule has 3 rings (SSSR count). The maximum absolute atomic E-state index is 12.9. The average Bonchev–Trinajstić information content (AvgIpc) is 3.26. The summed E-state index contributed by atoms with van der Waals surface area (Å²) in [7, 11) is -2.09. The lowest BCUT2D eigenvalue weighted by Gasteiger charge is -2.48. The van der Waals surface area contributed by atoms with Gasteiger partial charge < -0.3 is 24.1 Å². The van der Waals surface area contributed by atoms with Crippen LogP contribution in [0.1, 0.15) is 31.4 Å².